The zero-order chi connectivity index (χ0) is 22.8. The first kappa shape index (κ1) is 22.1. The molecule has 0 saturated carbocycles. The van der Waals surface area contributed by atoms with Gasteiger partial charge >= 0.3 is 0 Å². The number of hydrogen-bond donors (Lipinski definition) is 1. The van der Waals surface area contributed by atoms with E-state index in [4.69, 9.17) is 0 Å². The molecule has 1 fully saturated rings. The topological polar surface area (TPSA) is 105 Å². The molecule has 0 radical (unpaired) electrons. The summed E-state index contributed by atoms with van der Waals surface area (Å²) in [6, 6.07) is 17.0. The van der Waals surface area contributed by atoms with E-state index in [-0.39, 0.29) is 16.7 Å². The van der Waals surface area contributed by atoms with Gasteiger partial charge in [-0.2, -0.15) is 8.42 Å². The van der Waals surface area contributed by atoms with Crippen LogP contribution in [0.25, 0.3) is 0 Å². The summed E-state index contributed by atoms with van der Waals surface area (Å²) in [6.07, 6.45) is 1.23. The van der Waals surface area contributed by atoms with Crippen LogP contribution in [0.5, 0.6) is 0 Å². The zero-order valence-corrected chi connectivity index (χ0v) is 20.0. The summed E-state index contributed by atoms with van der Waals surface area (Å²) in [5.74, 6) is 1.03. The number of carbonyl (C=O) groups excluding carboxylic acids is 1. The molecule has 1 amide bonds. The Labute approximate surface area is 200 Å². The van der Waals surface area contributed by atoms with Crippen LogP contribution in [0.15, 0.2) is 68.2 Å². The third-order valence-corrected chi connectivity index (χ3v) is 8.99. The summed E-state index contributed by atoms with van der Waals surface area (Å²) < 4.78 is 29.4. The maximum absolute atomic E-state index is 12.8. The number of rotatable bonds is 5. The van der Waals surface area contributed by atoms with E-state index >= 15 is 0 Å². The number of nitrogens with one attached hydrogen (secondary N) is 1. The average Bonchev–Trinajstić information content (AvgIpc) is 3.40. The molecule has 3 aromatic rings. The van der Waals surface area contributed by atoms with Gasteiger partial charge in [0.15, 0.2) is 10.2 Å². The van der Waals surface area contributed by atoms with Gasteiger partial charge in [-0.05, 0) is 30.5 Å². The molecule has 1 N–H and O–H groups in total. The Hall–Kier alpha value is -2.76. The molecular weight excluding hydrogens is 478 g/mol. The van der Waals surface area contributed by atoms with Crippen molar-refractivity contribution in [2.24, 2.45) is 10.3 Å². The van der Waals surface area contributed by atoms with Crippen molar-refractivity contribution in [1.29, 1.82) is 0 Å². The molecule has 11 heteroatoms. The Balaban J connectivity index is 1.16. The van der Waals surface area contributed by atoms with E-state index in [0.29, 0.717) is 42.5 Å². The van der Waals surface area contributed by atoms with E-state index in [1.807, 2.05) is 29.2 Å². The average molecular weight is 500 g/mol. The number of piperidine rings is 1. The monoisotopic (exact) mass is 499 g/mol. The van der Waals surface area contributed by atoms with Crippen LogP contribution in [0.3, 0.4) is 0 Å². The summed E-state index contributed by atoms with van der Waals surface area (Å²) in [7, 11) is -3.64. The second kappa shape index (κ2) is 9.24. The van der Waals surface area contributed by atoms with Crippen molar-refractivity contribution in [3.63, 3.8) is 0 Å². The lowest BCUT2D eigenvalue weighted by atomic mass is 9.95. The number of benzene rings is 2. The molecule has 8 nitrogen and oxygen atoms in total. The Morgan fingerprint density at radius 3 is 2.58 bits per heavy atom. The van der Waals surface area contributed by atoms with E-state index in [2.05, 4.69) is 32.0 Å². The van der Waals surface area contributed by atoms with Crippen molar-refractivity contribution < 1.29 is 13.2 Å². The van der Waals surface area contributed by atoms with Crippen molar-refractivity contribution in [3.8, 4) is 0 Å². The highest BCUT2D eigenvalue weighted by Gasteiger charge is 2.34. The number of carbonyl (C=O) groups is 1. The van der Waals surface area contributed by atoms with Gasteiger partial charge in [0, 0.05) is 30.3 Å². The fraction of sp³-hybridized carbons (Fsp3) is 0.273. The number of aromatic nitrogens is 2. The molecule has 0 atom stereocenters. The van der Waals surface area contributed by atoms with Gasteiger partial charge < -0.3 is 10.2 Å². The van der Waals surface area contributed by atoms with Gasteiger partial charge in [-0.15, -0.1) is 14.6 Å². The minimum absolute atomic E-state index is 0.0770. The zero-order valence-electron chi connectivity index (χ0n) is 17.5. The van der Waals surface area contributed by atoms with Crippen LogP contribution in [0.1, 0.15) is 24.0 Å². The molecule has 1 aromatic heterocycles. The third kappa shape index (κ3) is 4.80. The highest BCUT2D eigenvalue weighted by Crippen LogP contribution is 2.31. The molecule has 0 spiro atoms. The largest absolute Gasteiger partial charge is 0.355 e. The first-order valence-electron chi connectivity index (χ1n) is 10.5. The summed E-state index contributed by atoms with van der Waals surface area (Å²) in [4.78, 5) is 15.0. The van der Waals surface area contributed by atoms with E-state index in [1.54, 1.807) is 30.0 Å². The van der Waals surface area contributed by atoms with Crippen LogP contribution in [0.2, 0.25) is 0 Å². The first-order chi connectivity index (χ1) is 16.0. The molecule has 0 bridgehead atoms. The van der Waals surface area contributed by atoms with Crippen LogP contribution in [-0.2, 0) is 20.6 Å². The SMILES string of the molecule is O=C(Nc1nnc(SCc2ccccc2)s1)C1CCN(C2=NS(=O)(=O)c3ccccc32)CC1. The van der Waals surface area contributed by atoms with E-state index in [1.165, 1.54) is 16.9 Å². The number of amidine groups is 1. The van der Waals surface area contributed by atoms with E-state index < -0.39 is 10.0 Å². The minimum atomic E-state index is -3.64. The van der Waals surface area contributed by atoms with Crippen molar-refractivity contribution in [3.05, 3.63) is 65.7 Å². The number of likely N-dealkylation sites (tertiary alicyclic amines) is 1. The molecule has 0 unspecified atom stereocenters. The second-order valence-electron chi connectivity index (χ2n) is 7.78. The number of amides is 1. The summed E-state index contributed by atoms with van der Waals surface area (Å²) >= 11 is 2.96. The summed E-state index contributed by atoms with van der Waals surface area (Å²) in [5, 5.41) is 11.7. The number of sulfonamides is 1. The Morgan fingerprint density at radius 2 is 1.79 bits per heavy atom. The summed E-state index contributed by atoms with van der Waals surface area (Å²) in [6.45, 7) is 1.13. The maximum Gasteiger partial charge on any atom is 0.285 e. The molecule has 0 aliphatic carbocycles. The van der Waals surface area contributed by atoms with E-state index in [0.717, 1.165) is 10.1 Å². The molecule has 2 aliphatic rings. The highest BCUT2D eigenvalue weighted by molar-refractivity contribution is 8.00. The number of thioether (sulfide) groups is 1. The van der Waals surface area contributed by atoms with Crippen LogP contribution in [0.4, 0.5) is 5.13 Å². The predicted octanol–water partition coefficient (Wildman–Crippen LogP) is 3.63. The predicted molar refractivity (Wildman–Crippen MR) is 129 cm³/mol. The molecule has 3 heterocycles. The Bertz CT molecular complexity index is 1300. The fourth-order valence-corrected chi connectivity index (χ4v) is 6.85. The molecule has 2 aromatic carbocycles. The van der Waals surface area contributed by atoms with Gasteiger partial charge in [-0.3, -0.25) is 4.79 Å². The van der Waals surface area contributed by atoms with Gasteiger partial charge in [-0.25, -0.2) is 0 Å². The molecule has 2 aliphatic heterocycles. The Kier molecular flexibility index (Phi) is 6.17. The van der Waals surface area contributed by atoms with Crippen LogP contribution < -0.4 is 5.32 Å². The minimum Gasteiger partial charge on any atom is -0.355 e. The lowest BCUT2D eigenvalue weighted by Gasteiger charge is -2.32. The normalized spacial score (nSPS) is 17.5. The second-order valence-corrected chi connectivity index (χ2v) is 11.6. The first-order valence-corrected chi connectivity index (χ1v) is 13.7. The van der Waals surface area contributed by atoms with Gasteiger partial charge in [-0.1, -0.05) is 65.6 Å². The van der Waals surface area contributed by atoms with Gasteiger partial charge in [0.25, 0.3) is 10.0 Å². The van der Waals surface area contributed by atoms with Gasteiger partial charge in [0.05, 0.1) is 0 Å². The third-order valence-electron chi connectivity index (χ3n) is 5.62. The van der Waals surface area contributed by atoms with Crippen molar-refractivity contribution in [2.45, 2.75) is 27.8 Å². The van der Waals surface area contributed by atoms with Crippen molar-refractivity contribution in [2.75, 3.05) is 18.4 Å². The lowest BCUT2D eigenvalue weighted by Crippen LogP contribution is -2.41. The Morgan fingerprint density at radius 1 is 1.06 bits per heavy atom. The van der Waals surface area contributed by atoms with E-state index in [9.17, 15) is 13.2 Å². The number of anilines is 1. The van der Waals surface area contributed by atoms with Crippen molar-refractivity contribution in [1.82, 2.24) is 15.1 Å². The smallest absolute Gasteiger partial charge is 0.285 e. The number of fused-ring (bicyclic) bond motifs is 1. The maximum atomic E-state index is 12.8. The van der Waals surface area contributed by atoms with Crippen LogP contribution in [0, 0.1) is 5.92 Å². The number of nitrogens with zero attached hydrogens (tertiary/aromatic N) is 4. The molecular formula is C22H21N5O3S3. The quantitative estimate of drug-likeness (QED) is 0.422. The van der Waals surface area contributed by atoms with Gasteiger partial charge in [0.2, 0.25) is 11.0 Å². The standard InChI is InChI=1S/C22H21N5O3S3/c28-20(23-21-24-25-22(32-21)31-14-15-6-2-1-3-7-15)16-10-12-27(13-11-16)19-17-8-4-5-9-18(17)33(29,30)26-19/h1-9,16H,10-14H2,(H,23,24,28). The highest BCUT2D eigenvalue weighted by atomic mass is 32.2. The molecule has 1 saturated heterocycles. The molecule has 170 valence electrons. The molecule has 33 heavy (non-hydrogen) atoms. The van der Waals surface area contributed by atoms with Crippen LogP contribution >= 0.6 is 23.1 Å². The molecule has 5 rings (SSSR count). The van der Waals surface area contributed by atoms with Crippen molar-refractivity contribution >= 4 is 50.0 Å². The lowest BCUT2D eigenvalue weighted by molar-refractivity contribution is -0.120. The van der Waals surface area contributed by atoms with Gasteiger partial charge in [0.1, 0.15) is 4.90 Å². The fourth-order valence-electron chi connectivity index (χ4n) is 3.92. The summed E-state index contributed by atoms with van der Waals surface area (Å²) in [5.41, 5.74) is 1.84. The number of hydrogen-bond acceptors (Lipinski definition) is 8. The van der Waals surface area contributed by atoms with Crippen LogP contribution in [-0.4, -0.2) is 48.3 Å².